The summed E-state index contributed by atoms with van der Waals surface area (Å²) in [4.78, 5) is 19.7. The molecule has 0 aromatic carbocycles. The number of carbonyl (C=O) groups is 1. The molecule has 1 unspecified atom stereocenters. The van der Waals surface area contributed by atoms with Crippen LogP contribution in [0.4, 0.5) is 0 Å². The number of carbonyl (C=O) groups excluding carboxylic acids is 1. The molecule has 3 heterocycles. The van der Waals surface area contributed by atoms with Crippen molar-refractivity contribution in [1.29, 1.82) is 0 Å². The Balaban J connectivity index is 2.06. The second-order valence-electron chi connectivity index (χ2n) is 7.13. The molecule has 0 aliphatic carbocycles. The summed E-state index contributed by atoms with van der Waals surface area (Å²) in [5.74, 6) is 0.0959. The number of fused-ring (bicyclic) bond motifs is 1. The van der Waals surface area contributed by atoms with Gasteiger partial charge in [-0.15, -0.1) is 0 Å². The van der Waals surface area contributed by atoms with Gasteiger partial charge in [0.25, 0.3) is 5.91 Å². The number of sulfone groups is 1. The summed E-state index contributed by atoms with van der Waals surface area (Å²) in [5.41, 5.74) is 2.75. The van der Waals surface area contributed by atoms with Gasteiger partial charge in [-0.3, -0.25) is 9.48 Å². The van der Waals surface area contributed by atoms with E-state index in [1.165, 1.54) is 0 Å². The molecule has 2 aromatic heterocycles. The van der Waals surface area contributed by atoms with Gasteiger partial charge in [0.05, 0.1) is 28.1 Å². The van der Waals surface area contributed by atoms with Crippen LogP contribution in [-0.4, -0.2) is 58.1 Å². The Hall–Kier alpha value is -1.96. The minimum Gasteiger partial charge on any atom is -0.335 e. The van der Waals surface area contributed by atoms with Crippen molar-refractivity contribution in [1.82, 2.24) is 19.7 Å². The largest absolute Gasteiger partial charge is 0.335 e. The second kappa shape index (κ2) is 6.98. The van der Waals surface area contributed by atoms with Crippen LogP contribution in [-0.2, 0) is 16.9 Å². The zero-order chi connectivity index (χ0) is 19.1. The third-order valence-corrected chi connectivity index (χ3v) is 6.74. The number of aromatic nitrogens is 3. The highest BCUT2D eigenvalue weighted by atomic mass is 32.2. The Morgan fingerprint density at radius 1 is 1.38 bits per heavy atom. The van der Waals surface area contributed by atoms with Gasteiger partial charge in [-0.05, 0) is 32.8 Å². The third-order valence-electron chi connectivity index (χ3n) is 4.99. The van der Waals surface area contributed by atoms with Crippen LogP contribution in [0.5, 0.6) is 0 Å². The summed E-state index contributed by atoms with van der Waals surface area (Å²) in [6.45, 7) is 6.35. The molecule has 3 rings (SSSR count). The second-order valence-corrected chi connectivity index (χ2v) is 9.36. The monoisotopic (exact) mass is 378 g/mol. The van der Waals surface area contributed by atoms with E-state index in [1.54, 1.807) is 15.6 Å². The van der Waals surface area contributed by atoms with Crippen LogP contribution in [0.15, 0.2) is 6.07 Å². The molecule has 0 N–H and O–H groups in total. The molecule has 1 amide bonds. The maximum Gasteiger partial charge on any atom is 0.255 e. The fraction of sp³-hybridized carbons (Fsp3) is 0.611. The molecule has 0 spiro atoms. The Kier molecular flexibility index (Phi) is 5.05. The molecule has 26 heavy (non-hydrogen) atoms. The van der Waals surface area contributed by atoms with E-state index in [9.17, 15) is 13.2 Å². The molecule has 1 aliphatic rings. The maximum absolute atomic E-state index is 13.4. The first-order valence-electron chi connectivity index (χ1n) is 9.06. The van der Waals surface area contributed by atoms with Gasteiger partial charge >= 0.3 is 0 Å². The van der Waals surface area contributed by atoms with Crippen LogP contribution < -0.4 is 0 Å². The standard InChI is InChI=1S/C18H26N4O3S/c1-5-6-8-22(14-7-9-26(24,25)11-14)18(23)15-10-12(2)19-17-16(15)13(3)20-21(17)4/h10,14H,5-9,11H2,1-4H3. The summed E-state index contributed by atoms with van der Waals surface area (Å²) in [7, 11) is -1.24. The van der Waals surface area contributed by atoms with Gasteiger partial charge in [-0.1, -0.05) is 13.3 Å². The SMILES string of the molecule is CCCCN(C(=O)c1cc(C)nc2c1c(C)nn2C)C1CCS(=O)(=O)C1. The number of amides is 1. The predicted octanol–water partition coefficient (Wildman–Crippen LogP) is 2.01. The van der Waals surface area contributed by atoms with Crippen LogP contribution in [0.1, 0.15) is 47.9 Å². The van der Waals surface area contributed by atoms with E-state index >= 15 is 0 Å². The van der Waals surface area contributed by atoms with Gasteiger partial charge < -0.3 is 4.90 Å². The normalized spacial score (nSPS) is 19.2. The molecule has 142 valence electrons. The summed E-state index contributed by atoms with van der Waals surface area (Å²) < 4.78 is 25.6. The van der Waals surface area contributed by atoms with Crippen LogP contribution in [0, 0.1) is 13.8 Å². The van der Waals surface area contributed by atoms with Crippen molar-refractivity contribution in [3.05, 3.63) is 23.0 Å². The zero-order valence-corrected chi connectivity index (χ0v) is 16.6. The van der Waals surface area contributed by atoms with Gasteiger partial charge in [0.15, 0.2) is 15.5 Å². The van der Waals surface area contributed by atoms with Crippen molar-refractivity contribution in [2.75, 3.05) is 18.1 Å². The molecule has 0 bridgehead atoms. The van der Waals surface area contributed by atoms with E-state index in [1.807, 2.05) is 20.9 Å². The highest BCUT2D eigenvalue weighted by Crippen LogP contribution is 2.26. The molecule has 2 aromatic rings. The number of unbranched alkanes of at least 4 members (excludes halogenated alkanes) is 1. The fourth-order valence-corrected chi connectivity index (χ4v) is 5.42. The first-order chi connectivity index (χ1) is 12.2. The molecule has 0 radical (unpaired) electrons. The number of hydrogen-bond acceptors (Lipinski definition) is 5. The van der Waals surface area contributed by atoms with Crippen molar-refractivity contribution < 1.29 is 13.2 Å². The van der Waals surface area contributed by atoms with Gasteiger partial charge in [0, 0.05) is 25.3 Å². The predicted molar refractivity (Wildman–Crippen MR) is 101 cm³/mol. The summed E-state index contributed by atoms with van der Waals surface area (Å²) in [6, 6.07) is 1.54. The van der Waals surface area contributed by atoms with Gasteiger partial charge in [-0.25, -0.2) is 13.4 Å². The van der Waals surface area contributed by atoms with E-state index in [-0.39, 0.29) is 23.5 Å². The highest BCUT2D eigenvalue weighted by molar-refractivity contribution is 7.91. The lowest BCUT2D eigenvalue weighted by Gasteiger charge is -2.28. The fourth-order valence-electron chi connectivity index (χ4n) is 3.69. The van der Waals surface area contributed by atoms with Crippen LogP contribution in [0.3, 0.4) is 0 Å². The van der Waals surface area contributed by atoms with Gasteiger partial charge in [0.1, 0.15) is 0 Å². The van der Waals surface area contributed by atoms with Crippen LogP contribution in [0.25, 0.3) is 11.0 Å². The molecule has 1 aliphatic heterocycles. The quantitative estimate of drug-likeness (QED) is 0.794. The van der Waals surface area contributed by atoms with Crippen LogP contribution in [0.2, 0.25) is 0 Å². The van der Waals surface area contributed by atoms with E-state index < -0.39 is 9.84 Å². The van der Waals surface area contributed by atoms with E-state index in [0.29, 0.717) is 24.2 Å². The Labute approximate surface area is 154 Å². The number of hydrogen-bond donors (Lipinski definition) is 0. The van der Waals surface area contributed by atoms with Crippen molar-refractivity contribution in [2.45, 2.75) is 46.1 Å². The van der Waals surface area contributed by atoms with Crippen molar-refractivity contribution in [2.24, 2.45) is 7.05 Å². The minimum absolute atomic E-state index is 0.0572. The Morgan fingerprint density at radius 3 is 2.73 bits per heavy atom. The van der Waals surface area contributed by atoms with Gasteiger partial charge in [0.2, 0.25) is 0 Å². The number of pyridine rings is 1. The number of aryl methyl sites for hydroxylation is 3. The van der Waals surface area contributed by atoms with E-state index in [2.05, 4.69) is 17.0 Å². The average molecular weight is 378 g/mol. The zero-order valence-electron chi connectivity index (χ0n) is 15.8. The van der Waals surface area contributed by atoms with Crippen molar-refractivity contribution in [3.8, 4) is 0 Å². The van der Waals surface area contributed by atoms with E-state index in [0.717, 1.165) is 29.6 Å². The summed E-state index contributed by atoms with van der Waals surface area (Å²) >= 11 is 0. The lowest BCUT2D eigenvalue weighted by atomic mass is 10.1. The smallest absolute Gasteiger partial charge is 0.255 e. The minimum atomic E-state index is -3.06. The molecule has 1 atom stereocenters. The maximum atomic E-state index is 13.4. The molecule has 1 fully saturated rings. The first-order valence-corrected chi connectivity index (χ1v) is 10.9. The number of rotatable bonds is 5. The average Bonchev–Trinajstić information content (AvgIpc) is 3.06. The summed E-state index contributed by atoms with van der Waals surface area (Å²) in [6.07, 6.45) is 2.30. The third kappa shape index (κ3) is 3.47. The highest BCUT2D eigenvalue weighted by Gasteiger charge is 2.35. The lowest BCUT2D eigenvalue weighted by molar-refractivity contribution is 0.0696. The molecule has 7 nitrogen and oxygen atoms in total. The first kappa shape index (κ1) is 18.8. The molecule has 0 saturated carbocycles. The molecule has 1 saturated heterocycles. The van der Waals surface area contributed by atoms with E-state index in [4.69, 9.17) is 0 Å². The Bertz CT molecular complexity index is 949. The van der Waals surface area contributed by atoms with Gasteiger partial charge in [-0.2, -0.15) is 5.10 Å². The summed E-state index contributed by atoms with van der Waals surface area (Å²) in [5, 5.41) is 5.16. The molecular weight excluding hydrogens is 352 g/mol. The topological polar surface area (TPSA) is 85.2 Å². The molecule has 8 heteroatoms. The molecular formula is C18H26N4O3S. The number of nitrogens with zero attached hydrogens (tertiary/aromatic N) is 4. The van der Waals surface area contributed by atoms with Crippen molar-refractivity contribution >= 4 is 26.8 Å². The lowest BCUT2D eigenvalue weighted by Crippen LogP contribution is -2.42. The van der Waals surface area contributed by atoms with Crippen LogP contribution >= 0.6 is 0 Å². The Morgan fingerprint density at radius 2 is 2.12 bits per heavy atom. The van der Waals surface area contributed by atoms with Crippen molar-refractivity contribution in [3.63, 3.8) is 0 Å².